The van der Waals surface area contributed by atoms with Gasteiger partial charge in [0.25, 0.3) is 0 Å². The highest BCUT2D eigenvalue weighted by molar-refractivity contribution is 6.30. The topological polar surface area (TPSA) is 44.0 Å². The zero-order chi connectivity index (χ0) is 10.3. The minimum Gasteiger partial charge on any atom is -0.391 e. The molecule has 0 saturated heterocycles. The predicted octanol–water partition coefficient (Wildman–Crippen LogP) is 2.01. The fourth-order valence-electron chi connectivity index (χ4n) is 1.51. The van der Waals surface area contributed by atoms with Crippen LogP contribution in [0.3, 0.4) is 0 Å². The zero-order valence-electron chi connectivity index (χ0n) is 7.17. The first kappa shape index (κ1) is 9.45. The van der Waals surface area contributed by atoms with Crippen LogP contribution in [-0.2, 0) is 5.41 Å². The maximum Gasteiger partial charge on any atom is 0.141 e. The van der Waals surface area contributed by atoms with Crippen LogP contribution in [0.25, 0.3) is 0 Å². The lowest BCUT2D eigenvalue weighted by molar-refractivity contribution is 0.260. The lowest BCUT2D eigenvalue weighted by Crippen LogP contribution is -2.09. The Labute approximate surface area is 85.5 Å². The van der Waals surface area contributed by atoms with Gasteiger partial charge in [-0.05, 0) is 17.7 Å². The van der Waals surface area contributed by atoms with E-state index in [2.05, 4.69) is 0 Å². The van der Waals surface area contributed by atoms with E-state index in [1.165, 1.54) is 18.2 Å². The third-order valence-corrected chi connectivity index (χ3v) is 2.85. The van der Waals surface area contributed by atoms with Gasteiger partial charge in [-0.2, -0.15) is 5.26 Å². The highest BCUT2D eigenvalue weighted by Crippen LogP contribution is 2.48. The Bertz CT molecular complexity index is 429. The summed E-state index contributed by atoms with van der Waals surface area (Å²) in [4.78, 5) is 0. The van der Waals surface area contributed by atoms with Crippen molar-refractivity contribution in [1.29, 1.82) is 5.26 Å². The summed E-state index contributed by atoms with van der Waals surface area (Å²) in [6.07, 6.45) is -0.264. The molecule has 0 spiro atoms. The molecule has 1 saturated carbocycles. The molecule has 0 bridgehead atoms. The fraction of sp³-hybridized carbons (Fsp3) is 0.300. The van der Waals surface area contributed by atoms with Crippen molar-refractivity contribution in [2.24, 2.45) is 0 Å². The summed E-state index contributed by atoms with van der Waals surface area (Å²) in [5, 5.41) is 18.2. The van der Waals surface area contributed by atoms with Gasteiger partial charge in [0.05, 0.1) is 17.2 Å². The van der Waals surface area contributed by atoms with Crippen LogP contribution in [0.15, 0.2) is 18.2 Å². The van der Waals surface area contributed by atoms with Gasteiger partial charge in [-0.25, -0.2) is 4.39 Å². The fourth-order valence-corrected chi connectivity index (χ4v) is 1.70. The van der Waals surface area contributed by atoms with Crippen molar-refractivity contribution in [2.75, 3.05) is 0 Å². The van der Waals surface area contributed by atoms with E-state index in [1.54, 1.807) is 0 Å². The van der Waals surface area contributed by atoms with E-state index in [4.69, 9.17) is 16.9 Å². The highest BCUT2D eigenvalue weighted by Gasteiger charge is 2.55. The van der Waals surface area contributed by atoms with Gasteiger partial charge in [0.2, 0.25) is 0 Å². The standard InChI is InChI=1S/C10H7ClFNO/c11-7-3-6(1-2-8(7)12)10(5-13)4-9(10)14/h1-3,9,14H,4H2. The quantitative estimate of drug-likeness (QED) is 0.772. The van der Waals surface area contributed by atoms with E-state index in [9.17, 15) is 9.50 Å². The molecule has 72 valence electrons. The molecule has 2 nitrogen and oxygen atoms in total. The van der Waals surface area contributed by atoms with Gasteiger partial charge >= 0.3 is 0 Å². The largest absolute Gasteiger partial charge is 0.391 e. The van der Waals surface area contributed by atoms with E-state index in [0.717, 1.165) is 0 Å². The van der Waals surface area contributed by atoms with Gasteiger partial charge in [0, 0.05) is 6.42 Å². The lowest BCUT2D eigenvalue weighted by atomic mass is 9.97. The number of nitrogens with zero attached hydrogens (tertiary/aromatic N) is 1. The van der Waals surface area contributed by atoms with E-state index < -0.39 is 17.3 Å². The molecule has 1 aliphatic carbocycles. The number of hydrogen-bond donors (Lipinski definition) is 1. The van der Waals surface area contributed by atoms with Crippen LogP contribution in [0.2, 0.25) is 5.02 Å². The number of hydrogen-bond acceptors (Lipinski definition) is 2. The zero-order valence-corrected chi connectivity index (χ0v) is 7.92. The first-order chi connectivity index (χ1) is 6.60. The third-order valence-electron chi connectivity index (χ3n) is 2.56. The van der Waals surface area contributed by atoms with E-state index in [-0.39, 0.29) is 5.02 Å². The molecule has 0 amide bonds. The summed E-state index contributed by atoms with van der Waals surface area (Å²) in [6, 6.07) is 6.13. The number of halogens is 2. The van der Waals surface area contributed by atoms with E-state index in [0.29, 0.717) is 12.0 Å². The molecule has 2 unspecified atom stereocenters. The molecule has 0 aromatic heterocycles. The molecule has 4 heteroatoms. The maximum absolute atomic E-state index is 12.8. The van der Waals surface area contributed by atoms with Crippen molar-refractivity contribution in [2.45, 2.75) is 17.9 Å². The van der Waals surface area contributed by atoms with Crippen LogP contribution in [0.5, 0.6) is 0 Å². The summed E-state index contributed by atoms with van der Waals surface area (Å²) < 4.78 is 12.8. The van der Waals surface area contributed by atoms with Crippen LogP contribution in [0.1, 0.15) is 12.0 Å². The second-order valence-electron chi connectivity index (χ2n) is 3.43. The van der Waals surface area contributed by atoms with Crippen LogP contribution in [0, 0.1) is 17.1 Å². The molecule has 0 radical (unpaired) electrons. The Morgan fingerprint density at radius 3 is 2.71 bits per heavy atom. The van der Waals surface area contributed by atoms with Gasteiger partial charge in [-0.3, -0.25) is 0 Å². The van der Waals surface area contributed by atoms with E-state index in [1.807, 2.05) is 6.07 Å². The summed E-state index contributed by atoms with van der Waals surface area (Å²) in [7, 11) is 0. The number of nitriles is 1. The minimum absolute atomic E-state index is 0.0174. The first-order valence-electron chi connectivity index (χ1n) is 4.15. The molecule has 1 aromatic carbocycles. The first-order valence-corrected chi connectivity index (χ1v) is 4.53. The predicted molar refractivity (Wildman–Crippen MR) is 49.3 cm³/mol. The number of aliphatic hydroxyl groups excluding tert-OH is 1. The van der Waals surface area contributed by atoms with Crippen molar-refractivity contribution in [1.82, 2.24) is 0 Å². The van der Waals surface area contributed by atoms with Crippen molar-refractivity contribution >= 4 is 11.6 Å². The molecular weight excluding hydrogens is 205 g/mol. The third kappa shape index (κ3) is 1.19. The Morgan fingerprint density at radius 2 is 2.29 bits per heavy atom. The highest BCUT2D eigenvalue weighted by atomic mass is 35.5. The Balaban J connectivity index is 2.44. The SMILES string of the molecule is N#CC1(c2ccc(F)c(Cl)c2)CC1O. The molecule has 1 aliphatic rings. The van der Waals surface area contributed by atoms with Crippen molar-refractivity contribution in [3.05, 3.63) is 34.6 Å². The van der Waals surface area contributed by atoms with Crippen LogP contribution >= 0.6 is 11.6 Å². The Morgan fingerprint density at radius 1 is 1.64 bits per heavy atom. The van der Waals surface area contributed by atoms with Crippen molar-refractivity contribution in [3.63, 3.8) is 0 Å². The summed E-state index contributed by atoms with van der Waals surface area (Å²) in [5.41, 5.74) is -0.281. The number of aliphatic hydroxyl groups is 1. The summed E-state index contributed by atoms with van der Waals surface area (Å²) in [5.74, 6) is -0.515. The smallest absolute Gasteiger partial charge is 0.141 e. The molecular formula is C10H7ClFNO. The Hall–Kier alpha value is -1.11. The normalized spacial score (nSPS) is 29.7. The number of benzene rings is 1. The lowest BCUT2D eigenvalue weighted by Gasteiger charge is -2.07. The van der Waals surface area contributed by atoms with Gasteiger partial charge in [-0.15, -0.1) is 0 Å². The van der Waals surface area contributed by atoms with Gasteiger partial charge in [-0.1, -0.05) is 17.7 Å². The second kappa shape index (κ2) is 2.94. The second-order valence-corrected chi connectivity index (χ2v) is 3.84. The van der Waals surface area contributed by atoms with E-state index >= 15 is 0 Å². The van der Waals surface area contributed by atoms with Crippen LogP contribution in [0.4, 0.5) is 4.39 Å². The molecule has 1 fully saturated rings. The average Bonchev–Trinajstić information content (AvgIpc) is 2.83. The van der Waals surface area contributed by atoms with Crippen LogP contribution < -0.4 is 0 Å². The Kier molecular flexibility index (Phi) is 1.99. The average molecular weight is 212 g/mol. The minimum atomic E-state index is -0.864. The molecule has 1 aromatic rings. The molecule has 0 heterocycles. The van der Waals surface area contributed by atoms with Crippen molar-refractivity contribution in [3.8, 4) is 6.07 Å². The number of rotatable bonds is 1. The molecule has 2 atom stereocenters. The maximum atomic E-state index is 12.8. The molecule has 1 N–H and O–H groups in total. The summed E-state index contributed by atoms with van der Waals surface area (Å²) in [6.45, 7) is 0. The monoisotopic (exact) mass is 211 g/mol. The van der Waals surface area contributed by atoms with Gasteiger partial charge in [0.1, 0.15) is 11.2 Å². The van der Waals surface area contributed by atoms with Crippen molar-refractivity contribution < 1.29 is 9.50 Å². The van der Waals surface area contributed by atoms with Crippen LogP contribution in [-0.4, -0.2) is 11.2 Å². The molecule has 2 rings (SSSR count). The molecule has 14 heavy (non-hydrogen) atoms. The molecule has 0 aliphatic heterocycles. The van der Waals surface area contributed by atoms with Gasteiger partial charge < -0.3 is 5.11 Å². The van der Waals surface area contributed by atoms with Gasteiger partial charge in [0.15, 0.2) is 0 Å². The summed E-state index contributed by atoms with van der Waals surface area (Å²) >= 11 is 5.59.